The van der Waals surface area contributed by atoms with Crippen molar-refractivity contribution in [3.8, 4) is 11.8 Å². The van der Waals surface area contributed by atoms with Crippen LogP contribution in [0.25, 0.3) is 10.9 Å². The van der Waals surface area contributed by atoms with E-state index in [9.17, 15) is 10.4 Å². The molecule has 0 fully saturated rings. The summed E-state index contributed by atoms with van der Waals surface area (Å²) >= 11 is 6.07. The van der Waals surface area contributed by atoms with Crippen molar-refractivity contribution in [3.63, 3.8) is 0 Å². The minimum atomic E-state index is -1.03. The highest BCUT2D eigenvalue weighted by molar-refractivity contribution is 6.30. The summed E-state index contributed by atoms with van der Waals surface area (Å²) in [6.45, 7) is 0. The quantitative estimate of drug-likeness (QED) is 0.516. The third-order valence-electron chi connectivity index (χ3n) is 4.74. The van der Waals surface area contributed by atoms with Gasteiger partial charge in [-0.15, -0.1) is 0 Å². The van der Waals surface area contributed by atoms with Gasteiger partial charge >= 0.3 is 0 Å². The summed E-state index contributed by atoms with van der Waals surface area (Å²) < 4.78 is 0. The van der Waals surface area contributed by atoms with Crippen molar-refractivity contribution in [2.45, 2.75) is 5.41 Å². The summed E-state index contributed by atoms with van der Waals surface area (Å²) in [7, 11) is 0. The molecule has 126 valence electrons. The van der Waals surface area contributed by atoms with Gasteiger partial charge in [0.1, 0.15) is 11.2 Å². The van der Waals surface area contributed by atoms with Gasteiger partial charge in [0.25, 0.3) is 0 Å². The number of aromatic nitrogens is 1. The lowest BCUT2D eigenvalue weighted by Crippen LogP contribution is -2.27. The fraction of sp³-hybridized carbons (Fsp3) is 0.0455. The lowest BCUT2D eigenvalue weighted by molar-refractivity contribution is 0.475. The maximum Gasteiger partial charge on any atom is 0.134 e. The molecule has 0 aliphatic rings. The Balaban J connectivity index is 2.08. The summed E-state index contributed by atoms with van der Waals surface area (Å²) in [6, 6.07) is 24.6. The first-order valence-electron chi connectivity index (χ1n) is 8.18. The molecule has 4 rings (SSSR count). The number of para-hydroxylation sites is 1. The average Bonchev–Trinajstić information content (AvgIpc) is 3.10. The van der Waals surface area contributed by atoms with E-state index in [2.05, 4.69) is 11.1 Å². The Labute approximate surface area is 156 Å². The van der Waals surface area contributed by atoms with E-state index in [1.807, 2.05) is 42.6 Å². The molecule has 0 radical (unpaired) electrons. The van der Waals surface area contributed by atoms with Crippen LogP contribution in [0.15, 0.2) is 79.0 Å². The van der Waals surface area contributed by atoms with Gasteiger partial charge in [0.05, 0.1) is 6.07 Å². The van der Waals surface area contributed by atoms with Crippen molar-refractivity contribution in [1.29, 1.82) is 5.26 Å². The van der Waals surface area contributed by atoms with Crippen LogP contribution in [0.1, 0.15) is 16.7 Å². The Hall–Kier alpha value is -3.22. The number of rotatable bonds is 3. The maximum absolute atomic E-state index is 10.4. The fourth-order valence-electron chi connectivity index (χ4n) is 3.46. The molecule has 0 spiro atoms. The van der Waals surface area contributed by atoms with E-state index < -0.39 is 5.41 Å². The van der Waals surface area contributed by atoms with E-state index in [1.54, 1.807) is 36.4 Å². The second-order valence-electron chi connectivity index (χ2n) is 6.16. The minimum Gasteiger partial charge on any atom is -0.508 e. The maximum atomic E-state index is 10.4. The van der Waals surface area contributed by atoms with Gasteiger partial charge in [-0.2, -0.15) is 5.26 Å². The first-order valence-corrected chi connectivity index (χ1v) is 8.56. The summed E-state index contributed by atoms with van der Waals surface area (Å²) in [5.41, 5.74) is 2.40. The molecule has 3 nitrogen and oxygen atoms in total. The predicted molar refractivity (Wildman–Crippen MR) is 103 cm³/mol. The molecule has 1 heterocycles. The molecule has 2 N–H and O–H groups in total. The number of nitrogens with zero attached hydrogens (tertiary/aromatic N) is 1. The van der Waals surface area contributed by atoms with E-state index in [0.29, 0.717) is 5.02 Å². The Kier molecular flexibility index (Phi) is 3.91. The van der Waals surface area contributed by atoms with Crippen LogP contribution in [0, 0.1) is 11.3 Å². The summed E-state index contributed by atoms with van der Waals surface area (Å²) in [5.74, 6) is 0.163. The lowest BCUT2D eigenvalue weighted by Gasteiger charge is -2.28. The van der Waals surface area contributed by atoms with Crippen LogP contribution >= 0.6 is 11.6 Å². The van der Waals surface area contributed by atoms with Crippen LogP contribution in [0.2, 0.25) is 5.02 Å². The second-order valence-corrected chi connectivity index (χ2v) is 6.60. The number of phenolic OH excluding ortho intramolecular Hbond substituents is 1. The van der Waals surface area contributed by atoms with Crippen LogP contribution in [0.3, 0.4) is 0 Å². The van der Waals surface area contributed by atoms with Crippen molar-refractivity contribution in [3.05, 3.63) is 101 Å². The number of hydrogen-bond acceptors (Lipinski definition) is 2. The van der Waals surface area contributed by atoms with Gasteiger partial charge in [-0.1, -0.05) is 54.1 Å². The number of nitrogens with one attached hydrogen (secondary N) is 1. The smallest absolute Gasteiger partial charge is 0.134 e. The van der Waals surface area contributed by atoms with Gasteiger partial charge in [-0.3, -0.25) is 0 Å². The molecule has 26 heavy (non-hydrogen) atoms. The van der Waals surface area contributed by atoms with E-state index in [4.69, 9.17) is 11.6 Å². The zero-order valence-electron chi connectivity index (χ0n) is 13.8. The molecule has 1 atom stereocenters. The fourth-order valence-corrected chi connectivity index (χ4v) is 3.59. The van der Waals surface area contributed by atoms with Crippen molar-refractivity contribution < 1.29 is 5.11 Å². The Morgan fingerprint density at radius 1 is 0.885 bits per heavy atom. The van der Waals surface area contributed by atoms with Gasteiger partial charge in [-0.25, -0.2) is 0 Å². The molecule has 0 saturated heterocycles. The zero-order valence-corrected chi connectivity index (χ0v) is 14.5. The van der Waals surface area contributed by atoms with Crippen LogP contribution in [-0.4, -0.2) is 10.1 Å². The Bertz CT molecular complexity index is 1060. The molecule has 0 amide bonds. The highest BCUT2D eigenvalue weighted by atomic mass is 35.5. The Morgan fingerprint density at radius 3 is 2.15 bits per heavy atom. The first-order chi connectivity index (χ1) is 12.6. The molecular formula is C22H15ClN2O. The van der Waals surface area contributed by atoms with Crippen molar-refractivity contribution in [2.75, 3.05) is 0 Å². The average molecular weight is 359 g/mol. The third-order valence-corrected chi connectivity index (χ3v) is 4.99. The van der Waals surface area contributed by atoms with Crippen molar-refractivity contribution >= 4 is 22.5 Å². The summed E-state index contributed by atoms with van der Waals surface area (Å²) in [5, 5.41) is 21.7. The van der Waals surface area contributed by atoms with E-state index >= 15 is 0 Å². The van der Waals surface area contributed by atoms with Crippen LogP contribution in [0.5, 0.6) is 5.75 Å². The monoisotopic (exact) mass is 358 g/mol. The number of nitriles is 1. The number of hydrogen-bond donors (Lipinski definition) is 2. The van der Waals surface area contributed by atoms with Crippen molar-refractivity contribution in [1.82, 2.24) is 4.98 Å². The summed E-state index contributed by atoms with van der Waals surface area (Å²) in [6.07, 6.45) is 1.88. The summed E-state index contributed by atoms with van der Waals surface area (Å²) in [4.78, 5) is 3.26. The first kappa shape index (κ1) is 16.3. The molecule has 4 heteroatoms. The van der Waals surface area contributed by atoms with E-state index in [0.717, 1.165) is 27.6 Å². The largest absolute Gasteiger partial charge is 0.508 e. The van der Waals surface area contributed by atoms with Crippen molar-refractivity contribution in [2.24, 2.45) is 0 Å². The standard InChI is InChI=1S/C22H15ClN2O/c23-17-9-5-15(6-10-17)22(14-24,16-7-11-18(26)12-8-16)20-13-25-21-4-2-1-3-19(20)21/h1-13,25-26H/t22-/m1/s1. The molecule has 4 aromatic rings. The number of halogens is 1. The van der Waals surface area contributed by atoms with Crippen LogP contribution in [0.4, 0.5) is 0 Å². The number of benzene rings is 3. The third kappa shape index (κ3) is 2.44. The molecule has 0 bridgehead atoms. The van der Waals surface area contributed by atoms with Gasteiger partial charge in [0.15, 0.2) is 0 Å². The molecule has 0 unspecified atom stereocenters. The number of H-pyrrole nitrogens is 1. The highest BCUT2D eigenvalue weighted by Crippen LogP contribution is 2.42. The molecule has 0 aliphatic heterocycles. The lowest BCUT2D eigenvalue weighted by atomic mass is 9.70. The molecular weight excluding hydrogens is 344 g/mol. The van der Waals surface area contributed by atoms with E-state index in [1.165, 1.54) is 0 Å². The number of aromatic amines is 1. The normalized spacial score (nSPS) is 13.2. The predicted octanol–water partition coefficient (Wildman–Crippen LogP) is 5.38. The van der Waals surface area contributed by atoms with Crippen LogP contribution < -0.4 is 0 Å². The van der Waals surface area contributed by atoms with Gasteiger partial charge in [0.2, 0.25) is 0 Å². The highest BCUT2D eigenvalue weighted by Gasteiger charge is 2.38. The topological polar surface area (TPSA) is 59.8 Å². The van der Waals surface area contributed by atoms with Gasteiger partial charge in [-0.05, 0) is 41.5 Å². The van der Waals surface area contributed by atoms with E-state index in [-0.39, 0.29) is 5.75 Å². The number of aromatic hydroxyl groups is 1. The molecule has 0 saturated carbocycles. The Morgan fingerprint density at radius 2 is 1.50 bits per heavy atom. The second kappa shape index (κ2) is 6.25. The SMILES string of the molecule is N#C[C@](c1ccc(O)cc1)(c1ccc(Cl)cc1)c1c[nH]c2ccccc12. The van der Waals surface area contributed by atoms with Gasteiger partial charge in [0, 0.05) is 27.7 Å². The van der Waals surface area contributed by atoms with Crippen LogP contribution in [-0.2, 0) is 5.41 Å². The molecule has 3 aromatic carbocycles. The minimum absolute atomic E-state index is 0.163. The molecule has 0 aliphatic carbocycles. The number of phenols is 1. The number of fused-ring (bicyclic) bond motifs is 1. The van der Waals surface area contributed by atoms with Gasteiger partial charge < -0.3 is 10.1 Å². The molecule has 1 aromatic heterocycles. The zero-order chi connectivity index (χ0) is 18.1.